The average molecular weight is 473 g/mol. The third kappa shape index (κ3) is 3.45. The van der Waals surface area contributed by atoms with Crippen LogP contribution in [0.15, 0.2) is 102 Å². The zero-order chi connectivity index (χ0) is 27.4. The van der Waals surface area contributed by atoms with E-state index in [1.54, 1.807) is 13.1 Å². The van der Waals surface area contributed by atoms with Crippen molar-refractivity contribution in [1.82, 2.24) is 0 Å². The van der Waals surface area contributed by atoms with Crippen LogP contribution in [-0.4, -0.2) is 0 Å². The fourth-order valence-electron chi connectivity index (χ4n) is 4.77. The zero-order valence-electron chi connectivity index (χ0n) is 22.7. The molecular formula is C32H22FN2O+. The van der Waals surface area contributed by atoms with Crippen LogP contribution in [0, 0.1) is 19.3 Å². The largest absolute Gasteiger partial charge is 0.456 e. The van der Waals surface area contributed by atoms with Crippen molar-refractivity contribution >= 4 is 27.6 Å². The highest BCUT2D eigenvalue weighted by Crippen LogP contribution is 2.44. The molecule has 0 saturated heterocycles. The van der Waals surface area contributed by atoms with Crippen LogP contribution in [0.25, 0.3) is 60.3 Å². The Balaban J connectivity index is 1.69. The van der Waals surface area contributed by atoms with Gasteiger partial charge in [0.2, 0.25) is 5.69 Å². The van der Waals surface area contributed by atoms with Crippen LogP contribution >= 0.6 is 0 Å². The summed E-state index contributed by atoms with van der Waals surface area (Å²) in [6.45, 7) is 9.65. The Kier molecular flexibility index (Phi) is 4.37. The maximum absolute atomic E-state index is 14.9. The topological polar surface area (TPSA) is 21.4 Å². The number of rotatable bonds is 3. The normalized spacial score (nSPS) is 12.3. The molecule has 0 aliphatic rings. The van der Waals surface area contributed by atoms with E-state index in [0.717, 1.165) is 27.8 Å². The molecule has 4 heteroatoms. The standard InChI is InChI=1S/C32H22FN2O/c1-20-12-13-26-30-27(34-2)15-14-25(23-11-7-10-22(18-23)21-8-5-4-6-9-21)31(30)36-32(26)29(20)28-19-24(33)16-17-35(28)3/h4-19H,1,3H3/q+1/i16D,17D,19D. The maximum atomic E-state index is 14.9. The zero-order valence-corrected chi connectivity index (χ0v) is 19.7. The van der Waals surface area contributed by atoms with Crippen molar-refractivity contribution in [3.63, 3.8) is 0 Å². The highest BCUT2D eigenvalue weighted by atomic mass is 19.1. The van der Waals surface area contributed by atoms with Gasteiger partial charge >= 0.3 is 0 Å². The van der Waals surface area contributed by atoms with Gasteiger partial charge in [0.05, 0.1) is 14.9 Å². The molecule has 0 N–H and O–H groups in total. The van der Waals surface area contributed by atoms with Crippen molar-refractivity contribution in [2.24, 2.45) is 7.05 Å². The molecule has 3 nitrogen and oxygen atoms in total. The minimum absolute atomic E-state index is 0.146. The van der Waals surface area contributed by atoms with Crippen molar-refractivity contribution in [2.75, 3.05) is 0 Å². The molecule has 0 bridgehead atoms. The number of nitrogens with zero attached hydrogens (tertiary/aromatic N) is 2. The van der Waals surface area contributed by atoms with E-state index in [4.69, 9.17) is 15.1 Å². The average Bonchev–Trinajstić information content (AvgIpc) is 3.36. The lowest BCUT2D eigenvalue weighted by Gasteiger charge is -2.07. The number of aryl methyl sites for hydroxylation is 1. The molecule has 2 aromatic heterocycles. The Labute approximate surface area is 212 Å². The predicted octanol–water partition coefficient (Wildman–Crippen LogP) is 8.41. The molecule has 0 saturated carbocycles. The van der Waals surface area contributed by atoms with Gasteiger partial charge < -0.3 is 4.42 Å². The quantitative estimate of drug-likeness (QED) is 0.187. The van der Waals surface area contributed by atoms with Gasteiger partial charge in [-0.3, -0.25) is 0 Å². The minimum Gasteiger partial charge on any atom is -0.456 e. The summed E-state index contributed by atoms with van der Waals surface area (Å²) in [5.41, 5.74) is 6.52. The van der Waals surface area contributed by atoms with Gasteiger partial charge in [0.15, 0.2) is 11.9 Å². The van der Waals surface area contributed by atoms with E-state index in [0.29, 0.717) is 33.2 Å². The minimum atomic E-state index is -1.05. The molecule has 0 aliphatic carbocycles. The number of halogens is 1. The van der Waals surface area contributed by atoms with Gasteiger partial charge in [0.1, 0.15) is 25.4 Å². The summed E-state index contributed by atoms with van der Waals surface area (Å²) in [6.07, 6.45) is -0.341. The van der Waals surface area contributed by atoms with E-state index < -0.39 is 17.9 Å². The molecule has 0 unspecified atom stereocenters. The Morgan fingerprint density at radius 3 is 2.50 bits per heavy atom. The third-order valence-corrected chi connectivity index (χ3v) is 6.51. The molecular weight excluding hydrogens is 447 g/mol. The fraction of sp³-hybridized carbons (Fsp3) is 0.0625. The maximum Gasteiger partial charge on any atom is 0.219 e. The Morgan fingerprint density at radius 1 is 0.917 bits per heavy atom. The van der Waals surface area contributed by atoms with Crippen molar-refractivity contribution in [1.29, 1.82) is 0 Å². The van der Waals surface area contributed by atoms with Crippen molar-refractivity contribution in [2.45, 2.75) is 6.92 Å². The lowest BCUT2D eigenvalue weighted by Crippen LogP contribution is -2.30. The Morgan fingerprint density at radius 2 is 1.69 bits per heavy atom. The number of benzene rings is 4. The summed E-state index contributed by atoms with van der Waals surface area (Å²) < 4.78 is 47.4. The summed E-state index contributed by atoms with van der Waals surface area (Å²) in [5, 5.41) is 1.31. The number of aromatic nitrogens is 1. The first-order chi connectivity index (χ1) is 18.8. The second kappa shape index (κ2) is 8.48. The van der Waals surface area contributed by atoms with Crippen LogP contribution in [0.3, 0.4) is 0 Å². The smallest absolute Gasteiger partial charge is 0.219 e. The molecule has 6 aromatic rings. The summed E-state index contributed by atoms with van der Waals surface area (Å²) in [4.78, 5) is 3.75. The Bertz CT molecular complexity index is 1960. The molecule has 172 valence electrons. The van der Waals surface area contributed by atoms with E-state index in [9.17, 15) is 4.39 Å². The number of fused-ring (bicyclic) bond motifs is 3. The molecule has 0 radical (unpaired) electrons. The van der Waals surface area contributed by atoms with Crippen LogP contribution in [0.5, 0.6) is 0 Å². The number of hydrogen-bond donors (Lipinski definition) is 0. The summed E-state index contributed by atoms with van der Waals surface area (Å²) >= 11 is 0. The summed E-state index contributed by atoms with van der Waals surface area (Å²) in [5.74, 6) is -1.05. The number of pyridine rings is 1. The van der Waals surface area contributed by atoms with Gasteiger partial charge in [-0.1, -0.05) is 72.8 Å². The van der Waals surface area contributed by atoms with Crippen LogP contribution in [0.1, 0.15) is 9.68 Å². The molecule has 0 atom stereocenters. The lowest BCUT2D eigenvalue weighted by atomic mass is 9.96. The van der Waals surface area contributed by atoms with E-state index in [1.807, 2.05) is 73.7 Å². The van der Waals surface area contributed by atoms with Crippen molar-refractivity contribution < 1.29 is 17.5 Å². The van der Waals surface area contributed by atoms with E-state index >= 15 is 0 Å². The molecule has 6 rings (SSSR count). The monoisotopic (exact) mass is 472 g/mol. The van der Waals surface area contributed by atoms with Gasteiger partial charge in [-0.15, -0.1) is 0 Å². The van der Waals surface area contributed by atoms with Crippen molar-refractivity contribution in [3.8, 4) is 33.5 Å². The van der Waals surface area contributed by atoms with Crippen LogP contribution in [0.4, 0.5) is 10.1 Å². The van der Waals surface area contributed by atoms with E-state index in [-0.39, 0.29) is 11.9 Å². The van der Waals surface area contributed by atoms with Crippen LogP contribution < -0.4 is 4.57 Å². The van der Waals surface area contributed by atoms with E-state index in [2.05, 4.69) is 10.9 Å². The third-order valence-electron chi connectivity index (χ3n) is 6.51. The first kappa shape index (κ1) is 18.6. The number of hydrogen-bond acceptors (Lipinski definition) is 1. The molecule has 2 heterocycles. The molecule has 0 aliphatic heterocycles. The molecule has 0 spiro atoms. The van der Waals surface area contributed by atoms with Gasteiger partial charge in [0, 0.05) is 28.4 Å². The molecule has 4 aromatic carbocycles. The number of furan rings is 1. The van der Waals surface area contributed by atoms with Gasteiger partial charge in [-0.25, -0.2) is 13.8 Å². The first-order valence-corrected chi connectivity index (χ1v) is 11.5. The molecule has 0 amide bonds. The summed E-state index contributed by atoms with van der Waals surface area (Å²) in [7, 11) is 1.54. The lowest BCUT2D eigenvalue weighted by molar-refractivity contribution is -0.660. The predicted molar refractivity (Wildman–Crippen MR) is 142 cm³/mol. The molecule has 36 heavy (non-hydrogen) atoms. The van der Waals surface area contributed by atoms with Gasteiger partial charge in [-0.05, 0) is 35.2 Å². The van der Waals surface area contributed by atoms with Gasteiger partial charge in [0.25, 0.3) is 0 Å². The highest BCUT2D eigenvalue weighted by molar-refractivity contribution is 6.18. The molecule has 0 fully saturated rings. The Hall–Kier alpha value is -4.75. The second-order valence-corrected chi connectivity index (χ2v) is 8.71. The van der Waals surface area contributed by atoms with Crippen molar-refractivity contribution in [3.05, 3.63) is 120 Å². The second-order valence-electron chi connectivity index (χ2n) is 8.71. The first-order valence-electron chi connectivity index (χ1n) is 13.0. The van der Waals surface area contributed by atoms with Crippen LogP contribution in [0.2, 0.25) is 0 Å². The highest BCUT2D eigenvalue weighted by Gasteiger charge is 2.24. The van der Waals surface area contributed by atoms with E-state index in [1.165, 1.54) is 4.57 Å². The summed E-state index contributed by atoms with van der Waals surface area (Å²) in [6, 6.07) is 24.4. The van der Waals surface area contributed by atoms with Crippen LogP contribution in [-0.2, 0) is 7.05 Å². The van der Waals surface area contributed by atoms with Gasteiger partial charge in [-0.2, -0.15) is 0 Å². The SMILES string of the molecule is [2H]c1c(F)c([2H])c(-c2c(C)ccc3c2oc2c(-c4cccc(-c5ccccc5)c4)ccc([N+]#[C-])c23)[n+](C)c1[2H]. The fourth-order valence-corrected chi connectivity index (χ4v) is 4.77.